The minimum absolute atomic E-state index is 0.000473. The van der Waals surface area contributed by atoms with Crippen LogP contribution in [0.5, 0.6) is 0 Å². The highest BCUT2D eigenvalue weighted by Gasteiger charge is 2.50. The minimum Gasteiger partial charge on any atom is -0.381 e. The van der Waals surface area contributed by atoms with E-state index < -0.39 is 66.0 Å². The summed E-state index contributed by atoms with van der Waals surface area (Å²) < 4.78 is 46.6. The fourth-order valence-corrected chi connectivity index (χ4v) is 11.3. The standard InChI is InChI=1S/C53H59F2N6O11PS/c1-52(2,3)46(58-48(65)43-30-35-29-36(15-19-42(35)74-43)53(54,55)73(69,70)71)51(68)60-25-8-12-41(60)50(67)59(37-16-13-32(14-17-37)33-22-27-72-28-23-33)26-21-44(62)56-24-6-4-5-9-34-10-7-11-38-39(34)31-61(49(38)66)40-18-20-45(63)57-47(40)64/h7,10-11,13-17,19,29-30,33,40-41,46H,4,6,8,12,18,20-28,31H2,1-3H3,(H,56,62)(H,58,65)(H,57,63,64)(H2,69,70,71)/t40?,41-,46?/m0/s1. The molecule has 5 heterocycles. The Morgan fingerprint density at radius 2 is 1.73 bits per heavy atom. The van der Waals surface area contributed by atoms with Crippen LogP contribution in [0.25, 0.3) is 10.1 Å². The van der Waals surface area contributed by atoms with Crippen molar-refractivity contribution < 1.29 is 61.4 Å². The van der Waals surface area contributed by atoms with Crippen LogP contribution in [-0.2, 0) is 45.5 Å². The second-order valence-corrected chi connectivity index (χ2v) is 22.8. The molecule has 2 unspecified atom stereocenters. The van der Waals surface area contributed by atoms with Crippen LogP contribution >= 0.6 is 18.9 Å². The summed E-state index contributed by atoms with van der Waals surface area (Å²) in [6.45, 7) is 7.32. The molecule has 3 saturated heterocycles. The molecule has 3 fully saturated rings. The molecule has 7 amide bonds. The number of unbranched alkanes of at least 4 members (excludes halogenated alkanes) is 1. The third kappa shape index (κ3) is 11.8. The number of nitrogens with zero attached hydrogens (tertiary/aromatic N) is 3. The summed E-state index contributed by atoms with van der Waals surface area (Å²) in [5.74, 6) is 3.56. The number of imide groups is 1. The quantitative estimate of drug-likeness (QED) is 0.0384. The number of alkyl halides is 2. The molecule has 4 aromatic rings. The van der Waals surface area contributed by atoms with Gasteiger partial charge in [0.15, 0.2) is 0 Å². The van der Waals surface area contributed by atoms with E-state index in [4.69, 9.17) is 4.74 Å². The number of thiophene rings is 1. The molecule has 74 heavy (non-hydrogen) atoms. The number of nitrogens with one attached hydrogen (secondary N) is 3. The van der Waals surface area contributed by atoms with Gasteiger partial charge in [-0.2, -0.15) is 8.78 Å². The number of ether oxygens (including phenoxy) is 1. The molecule has 0 bridgehead atoms. The summed E-state index contributed by atoms with van der Waals surface area (Å²) in [5, 5.41) is 8.21. The van der Waals surface area contributed by atoms with E-state index in [9.17, 15) is 56.7 Å². The van der Waals surface area contributed by atoms with Crippen LogP contribution in [-0.4, -0.2) is 112 Å². The lowest BCUT2D eigenvalue weighted by Gasteiger charge is -2.36. The summed E-state index contributed by atoms with van der Waals surface area (Å²) in [6.07, 6.45) is 3.84. The van der Waals surface area contributed by atoms with Crippen molar-refractivity contribution in [2.75, 3.05) is 37.7 Å². The SMILES string of the molecule is CC(C)(C)C(NC(=O)c1cc2cc(C(F)(F)P(=O)(O)O)ccc2s1)C(=O)N1CCC[C@H]1C(=O)N(CCC(=O)NCCCC#Cc1cccc2c1CN(C1CCC(=O)NC1=O)C2=O)c1ccc(C2CCOCC2)cc1. The molecule has 0 aliphatic carbocycles. The molecule has 0 saturated carbocycles. The van der Waals surface area contributed by atoms with Gasteiger partial charge in [0.2, 0.25) is 29.5 Å². The molecule has 8 rings (SSSR count). The Bertz CT molecular complexity index is 2970. The fraction of sp³-hybridized carbons (Fsp3) is 0.453. The van der Waals surface area contributed by atoms with E-state index in [1.807, 2.05) is 30.3 Å². The van der Waals surface area contributed by atoms with Gasteiger partial charge in [-0.1, -0.05) is 56.9 Å². The number of fused-ring (bicyclic) bond motifs is 2. The average molecular weight is 1060 g/mol. The van der Waals surface area contributed by atoms with Crippen LogP contribution in [0.4, 0.5) is 14.5 Å². The van der Waals surface area contributed by atoms with Gasteiger partial charge in [0.25, 0.3) is 11.8 Å². The highest BCUT2D eigenvalue weighted by molar-refractivity contribution is 7.52. The fourth-order valence-electron chi connectivity index (χ4n) is 9.89. The van der Waals surface area contributed by atoms with Gasteiger partial charge >= 0.3 is 13.3 Å². The number of rotatable bonds is 15. The maximum Gasteiger partial charge on any atom is 0.399 e. The number of benzene rings is 3. The number of hydrogen-bond donors (Lipinski definition) is 5. The number of piperidine rings is 1. The Labute approximate surface area is 430 Å². The van der Waals surface area contributed by atoms with Gasteiger partial charge in [-0.25, -0.2) is 0 Å². The Morgan fingerprint density at radius 1 is 0.986 bits per heavy atom. The number of halogens is 2. The first kappa shape index (κ1) is 53.9. The predicted octanol–water partition coefficient (Wildman–Crippen LogP) is 6.29. The number of likely N-dealkylation sites (tertiary alicyclic amines) is 1. The van der Waals surface area contributed by atoms with E-state index in [0.717, 1.165) is 47.4 Å². The number of hydrogen-bond acceptors (Lipinski definition) is 10. The smallest absolute Gasteiger partial charge is 0.381 e. The number of carbonyl (C=O) groups is 7. The summed E-state index contributed by atoms with van der Waals surface area (Å²) in [6, 6.07) is 14.5. The van der Waals surface area contributed by atoms with Gasteiger partial charge in [0.1, 0.15) is 18.1 Å². The minimum atomic E-state index is -5.84. The monoisotopic (exact) mass is 1060 g/mol. The van der Waals surface area contributed by atoms with Crippen molar-refractivity contribution in [2.24, 2.45) is 5.41 Å². The van der Waals surface area contributed by atoms with E-state index in [1.165, 1.54) is 26.8 Å². The molecule has 5 N–H and O–H groups in total. The highest BCUT2D eigenvalue weighted by atomic mass is 32.1. The topological polar surface area (TPSA) is 232 Å². The average Bonchev–Trinajstić information content (AvgIpc) is 4.12. The molecule has 392 valence electrons. The third-order valence-corrected chi connectivity index (χ3v) is 16.1. The normalized spacial score (nSPS) is 18.9. The molecule has 21 heteroatoms. The van der Waals surface area contributed by atoms with Crippen molar-refractivity contribution in [3.63, 3.8) is 0 Å². The first-order chi connectivity index (χ1) is 35.1. The van der Waals surface area contributed by atoms with E-state index in [1.54, 1.807) is 32.9 Å². The van der Waals surface area contributed by atoms with Crippen molar-refractivity contribution in [3.8, 4) is 11.8 Å². The predicted molar refractivity (Wildman–Crippen MR) is 271 cm³/mol. The lowest BCUT2D eigenvalue weighted by molar-refractivity contribution is -0.141. The van der Waals surface area contributed by atoms with Crippen molar-refractivity contribution >= 4 is 76.1 Å². The summed E-state index contributed by atoms with van der Waals surface area (Å²) in [4.78, 5) is 117. The molecule has 4 aliphatic rings. The first-order valence-corrected chi connectivity index (χ1v) is 27.2. The van der Waals surface area contributed by atoms with Crippen LogP contribution in [0, 0.1) is 17.3 Å². The van der Waals surface area contributed by atoms with E-state index >= 15 is 0 Å². The zero-order chi connectivity index (χ0) is 53.1. The highest BCUT2D eigenvalue weighted by Crippen LogP contribution is 2.59. The van der Waals surface area contributed by atoms with Gasteiger partial charge in [-0.3, -0.25) is 43.4 Å². The van der Waals surface area contributed by atoms with Crippen molar-refractivity contribution in [2.45, 2.75) is 115 Å². The molecule has 3 atom stereocenters. The Morgan fingerprint density at radius 3 is 2.43 bits per heavy atom. The molecule has 1 aromatic heterocycles. The zero-order valence-electron chi connectivity index (χ0n) is 41.3. The molecule has 0 radical (unpaired) electrons. The van der Waals surface area contributed by atoms with Crippen LogP contribution in [0.3, 0.4) is 0 Å². The second kappa shape index (κ2) is 22.2. The molecule has 4 aliphatic heterocycles. The zero-order valence-corrected chi connectivity index (χ0v) is 43.0. The van der Waals surface area contributed by atoms with Crippen LogP contribution < -0.4 is 20.9 Å². The molecular weight excluding hydrogens is 998 g/mol. The van der Waals surface area contributed by atoms with E-state index in [-0.39, 0.29) is 66.9 Å². The van der Waals surface area contributed by atoms with Gasteiger partial charge in [0, 0.05) is 85.7 Å². The van der Waals surface area contributed by atoms with Crippen LogP contribution in [0.2, 0.25) is 0 Å². The molecule has 17 nitrogen and oxygen atoms in total. The molecule has 3 aromatic carbocycles. The lowest BCUT2D eigenvalue weighted by Crippen LogP contribution is -2.58. The second-order valence-electron chi connectivity index (χ2n) is 20.1. The van der Waals surface area contributed by atoms with Crippen molar-refractivity contribution in [3.05, 3.63) is 99.4 Å². The van der Waals surface area contributed by atoms with Gasteiger partial charge in [0.05, 0.1) is 4.88 Å². The maximum atomic E-state index is 14.8. The maximum absolute atomic E-state index is 14.8. The largest absolute Gasteiger partial charge is 0.399 e. The number of anilines is 1. The van der Waals surface area contributed by atoms with Gasteiger partial charge < -0.3 is 39.9 Å². The Kier molecular flexibility index (Phi) is 16.2. The summed E-state index contributed by atoms with van der Waals surface area (Å²) in [5.41, 5.74) is -2.73. The lowest BCUT2D eigenvalue weighted by atomic mass is 9.85. The Balaban J connectivity index is 0.916. The summed E-state index contributed by atoms with van der Waals surface area (Å²) in [7, 11) is -5.84. The van der Waals surface area contributed by atoms with Gasteiger partial charge in [-0.15, -0.1) is 11.3 Å². The molecule has 0 spiro atoms. The van der Waals surface area contributed by atoms with Crippen LogP contribution in [0.1, 0.15) is 127 Å². The van der Waals surface area contributed by atoms with Crippen LogP contribution in [0.15, 0.2) is 66.7 Å². The van der Waals surface area contributed by atoms with E-state index in [2.05, 4.69) is 27.8 Å². The number of amides is 7. The number of carbonyl (C=O) groups excluding carboxylic acids is 7. The van der Waals surface area contributed by atoms with Crippen molar-refractivity contribution in [1.82, 2.24) is 25.8 Å². The Hall–Kier alpha value is -6.36. The van der Waals surface area contributed by atoms with Gasteiger partial charge in [-0.05, 0) is 109 Å². The first-order valence-electron chi connectivity index (χ1n) is 24.7. The van der Waals surface area contributed by atoms with E-state index in [0.29, 0.717) is 72.9 Å². The van der Waals surface area contributed by atoms with Crippen molar-refractivity contribution in [1.29, 1.82) is 0 Å². The summed E-state index contributed by atoms with van der Waals surface area (Å²) >= 11 is 0.959. The third-order valence-electron chi connectivity index (χ3n) is 14.0. The molecular formula is C53H59F2N6O11PS.